The molecular weight excluding hydrogens is 456 g/mol. The predicted octanol–water partition coefficient (Wildman–Crippen LogP) is 6.43. The molecule has 0 saturated heterocycles. The Bertz CT molecular complexity index is 594. The minimum Gasteiger partial charge on any atom is -0.480 e. The van der Waals surface area contributed by atoms with Crippen molar-refractivity contribution in [1.82, 2.24) is 5.32 Å². The molecule has 0 aromatic rings. The second-order valence-corrected chi connectivity index (χ2v) is 9.81. The molecule has 0 bridgehead atoms. The number of hydrogen-bond acceptors (Lipinski definition) is 5. The molecule has 4 N–H and O–H groups in total. The normalized spacial score (nSPS) is 13.0. The van der Waals surface area contributed by atoms with Crippen LogP contribution in [0.4, 0.5) is 0 Å². The van der Waals surface area contributed by atoms with Gasteiger partial charge in [0, 0.05) is 12.8 Å². The highest BCUT2D eigenvalue weighted by Gasteiger charge is 2.19. The second-order valence-electron chi connectivity index (χ2n) is 9.81. The first-order valence-electron chi connectivity index (χ1n) is 14.5. The van der Waals surface area contributed by atoms with Crippen molar-refractivity contribution in [2.45, 2.75) is 148 Å². The monoisotopic (exact) mass is 510 g/mol. The summed E-state index contributed by atoms with van der Waals surface area (Å²) in [5, 5.41) is 11.8. The van der Waals surface area contributed by atoms with Gasteiger partial charge in [0.1, 0.15) is 12.1 Å². The first kappa shape index (κ1) is 34.1. The lowest BCUT2D eigenvalue weighted by Crippen LogP contribution is -2.40. The number of aliphatic carboxylic acids is 1. The summed E-state index contributed by atoms with van der Waals surface area (Å²) in [6, 6.07) is -0.869. The van der Waals surface area contributed by atoms with Crippen molar-refractivity contribution in [2.24, 2.45) is 5.73 Å². The van der Waals surface area contributed by atoms with Gasteiger partial charge in [-0.25, -0.2) is 4.79 Å². The number of ether oxygens (including phenoxy) is 1. The average molecular weight is 511 g/mol. The van der Waals surface area contributed by atoms with E-state index >= 15 is 0 Å². The molecule has 0 aromatic heterocycles. The molecular formula is C29H54N2O5. The Morgan fingerprint density at radius 1 is 0.778 bits per heavy atom. The smallest absolute Gasteiger partial charge is 0.326 e. The van der Waals surface area contributed by atoms with Crippen molar-refractivity contribution in [2.75, 3.05) is 6.54 Å². The number of esters is 1. The van der Waals surface area contributed by atoms with Crippen molar-refractivity contribution in [3.63, 3.8) is 0 Å². The topological polar surface area (TPSA) is 119 Å². The molecule has 0 aromatic carbocycles. The van der Waals surface area contributed by atoms with Crippen LogP contribution in [0.3, 0.4) is 0 Å². The minimum atomic E-state index is -1.02. The van der Waals surface area contributed by atoms with E-state index in [1.54, 1.807) is 0 Å². The fourth-order valence-corrected chi connectivity index (χ4v) is 4.13. The summed E-state index contributed by atoms with van der Waals surface area (Å²) in [6.45, 7) is 4.71. The Balaban J connectivity index is 3.92. The van der Waals surface area contributed by atoms with E-state index in [0.29, 0.717) is 38.6 Å². The van der Waals surface area contributed by atoms with Crippen molar-refractivity contribution < 1.29 is 24.2 Å². The van der Waals surface area contributed by atoms with Crippen LogP contribution in [0.2, 0.25) is 0 Å². The highest BCUT2D eigenvalue weighted by Crippen LogP contribution is 2.15. The third kappa shape index (κ3) is 21.4. The van der Waals surface area contributed by atoms with E-state index in [2.05, 4.69) is 31.3 Å². The second kappa shape index (κ2) is 24.8. The Morgan fingerprint density at radius 2 is 1.42 bits per heavy atom. The Morgan fingerprint density at radius 3 is 2.08 bits per heavy atom. The average Bonchev–Trinajstić information content (AvgIpc) is 2.84. The van der Waals surface area contributed by atoms with Crippen LogP contribution >= 0.6 is 0 Å². The highest BCUT2D eigenvalue weighted by molar-refractivity contribution is 5.83. The molecule has 0 fully saturated rings. The Kier molecular flexibility index (Phi) is 23.5. The number of unbranched alkanes of at least 4 members (excludes halogenated alkanes) is 9. The number of carboxylic acids is 1. The quantitative estimate of drug-likeness (QED) is 0.0739. The van der Waals surface area contributed by atoms with Crippen LogP contribution in [0, 0.1) is 0 Å². The first-order chi connectivity index (χ1) is 17.4. The molecule has 0 radical (unpaired) electrons. The van der Waals surface area contributed by atoms with Crippen LogP contribution in [0.25, 0.3) is 0 Å². The zero-order valence-electron chi connectivity index (χ0n) is 23.1. The minimum absolute atomic E-state index is 0.0523. The van der Waals surface area contributed by atoms with Crippen LogP contribution in [-0.4, -0.2) is 41.6 Å². The van der Waals surface area contributed by atoms with Crippen molar-refractivity contribution in [1.29, 1.82) is 0 Å². The maximum absolute atomic E-state index is 12.3. The van der Waals surface area contributed by atoms with Gasteiger partial charge in [0.2, 0.25) is 5.91 Å². The molecule has 0 spiro atoms. The van der Waals surface area contributed by atoms with E-state index < -0.39 is 12.0 Å². The van der Waals surface area contributed by atoms with Crippen LogP contribution in [-0.2, 0) is 19.1 Å². The number of nitrogens with two attached hydrogens (primary N) is 1. The maximum Gasteiger partial charge on any atom is 0.326 e. The maximum atomic E-state index is 12.3. The van der Waals surface area contributed by atoms with Gasteiger partial charge in [0.25, 0.3) is 0 Å². The van der Waals surface area contributed by atoms with E-state index in [0.717, 1.165) is 51.4 Å². The highest BCUT2D eigenvalue weighted by atomic mass is 16.5. The van der Waals surface area contributed by atoms with Gasteiger partial charge in [-0.05, 0) is 70.8 Å². The van der Waals surface area contributed by atoms with E-state index in [4.69, 9.17) is 10.5 Å². The number of nitrogens with one attached hydrogen (secondary N) is 1. The van der Waals surface area contributed by atoms with Crippen molar-refractivity contribution >= 4 is 17.8 Å². The van der Waals surface area contributed by atoms with Gasteiger partial charge in [0.15, 0.2) is 0 Å². The number of amides is 1. The standard InChI is InChI=1S/C29H54N2O5/c1-3-5-6-7-8-9-10-11-12-13-17-23-28(33)36-25(19-4-2)20-15-14-16-22-27(32)31-26(29(34)35)21-18-24-30/h7-8,25-26H,3-6,9-24,30H2,1-2H3,(H,31,32)(H,34,35)/b8-7-. The molecule has 210 valence electrons. The first-order valence-corrected chi connectivity index (χ1v) is 14.5. The summed E-state index contributed by atoms with van der Waals surface area (Å²) in [6.07, 6.45) is 21.8. The molecule has 0 aliphatic rings. The van der Waals surface area contributed by atoms with Gasteiger partial charge < -0.3 is 20.9 Å². The van der Waals surface area contributed by atoms with Gasteiger partial charge >= 0.3 is 11.9 Å². The summed E-state index contributed by atoms with van der Waals surface area (Å²) in [4.78, 5) is 35.5. The molecule has 2 atom stereocenters. The van der Waals surface area contributed by atoms with Gasteiger partial charge in [0.05, 0.1) is 0 Å². The Hall–Kier alpha value is -1.89. The summed E-state index contributed by atoms with van der Waals surface area (Å²) in [7, 11) is 0. The largest absolute Gasteiger partial charge is 0.480 e. The summed E-state index contributed by atoms with van der Waals surface area (Å²) in [5.41, 5.74) is 5.42. The molecule has 1 amide bonds. The lowest BCUT2D eigenvalue weighted by Gasteiger charge is -2.17. The van der Waals surface area contributed by atoms with Crippen LogP contribution < -0.4 is 11.1 Å². The number of carbonyl (C=O) groups excluding carboxylic acids is 2. The zero-order chi connectivity index (χ0) is 26.9. The van der Waals surface area contributed by atoms with Crippen molar-refractivity contribution in [3.05, 3.63) is 12.2 Å². The number of hydrogen-bond donors (Lipinski definition) is 3. The molecule has 36 heavy (non-hydrogen) atoms. The molecule has 7 nitrogen and oxygen atoms in total. The zero-order valence-corrected chi connectivity index (χ0v) is 23.1. The number of allylic oxidation sites excluding steroid dienone is 2. The molecule has 2 unspecified atom stereocenters. The molecule has 0 aliphatic carbocycles. The fraction of sp³-hybridized carbons (Fsp3) is 0.828. The van der Waals surface area contributed by atoms with E-state index in [9.17, 15) is 19.5 Å². The van der Waals surface area contributed by atoms with Gasteiger partial charge in [-0.15, -0.1) is 0 Å². The summed E-state index contributed by atoms with van der Waals surface area (Å²) < 4.78 is 5.72. The molecule has 7 heteroatoms. The van der Waals surface area contributed by atoms with E-state index in [-0.39, 0.29) is 18.0 Å². The third-order valence-electron chi connectivity index (χ3n) is 6.31. The summed E-state index contributed by atoms with van der Waals surface area (Å²) >= 11 is 0. The predicted molar refractivity (Wildman–Crippen MR) is 147 cm³/mol. The van der Waals surface area contributed by atoms with Gasteiger partial charge in [-0.3, -0.25) is 9.59 Å². The number of carboxylic acid groups (broad SMARTS) is 1. The van der Waals surface area contributed by atoms with Crippen LogP contribution in [0.5, 0.6) is 0 Å². The number of rotatable bonds is 25. The SMILES string of the molecule is CCCC/C=C\CCCCCCCC(=O)OC(CCC)CCCCCC(=O)NC(CCCN)C(=O)O. The summed E-state index contributed by atoms with van der Waals surface area (Å²) in [5.74, 6) is -1.35. The van der Waals surface area contributed by atoms with Gasteiger partial charge in [-0.2, -0.15) is 0 Å². The third-order valence-corrected chi connectivity index (χ3v) is 6.31. The van der Waals surface area contributed by atoms with E-state index in [1.807, 2.05) is 0 Å². The molecule has 0 heterocycles. The fourth-order valence-electron chi connectivity index (χ4n) is 4.13. The lowest BCUT2D eigenvalue weighted by molar-refractivity contribution is -0.150. The number of carbonyl (C=O) groups is 3. The van der Waals surface area contributed by atoms with E-state index in [1.165, 1.54) is 38.5 Å². The molecule has 0 saturated carbocycles. The molecule has 0 aliphatic heterocycles. The van der Waals surface area contributed by atoms with Crippen molar-refractivity contribution in [3.8, 4) is 0 Å². The van der Waals surface area contributed by atoms with Crippen LogP contribution in [0.1, 0.15) is 136 Å². The van der Waals surface area contributed by atoms with Crippen LogP contribution in [0.15, 0.2) is 12.2 Å². The molecule has 0 rings (SSSR count). The Labute approximate surface area is 220 Å². The lowest BCUT2D eigenvalue weighted by atomic mass is 10.0. The van der Waals surface area contributed by atoms with Gasteiger partial charge in [-0.1, -0.05) is 70.9 Å².